The van der Waals surface area contributed by atoms with Crippen LogP contribution in [0, 0.1) is 0 Å². The molecule has 2 aliphatic rings. The summed E-state index contributed by atoms with van der Waals surface area (Å²) in [5, 5.41) is 31.2. The molecule has 0 unspecified atom stereocenters. The van der Waals surface area contributed by atoms with Gasteiger partial charge in [0, 0.05) is 38.5 Å². The summed E-state index contributed by atoms with van der Waals surface area (Å²) in [6, 6.07) is 14.1. The Hall–Kier alpha value is -5.31. The maximum absolute atomic E-state index is 11.7. The van der Waals surface area contributed by atoms with Gasteiger partial charge in [-0.1, -0.05) is 0 Å². The minimum absolute atomic E-state index is 0.0900. The quantitative estimate of drug-likeness (QED) is 0.299. The van der Waals surface area contributed by atoms with Crippen LogP contribution in [0.4, 0.5) is 11.4 Å². The van der Waals surface area contributed by atoms with Crippen molar-refractivity contribution >= 4 is 51.1 Å². The second-order valence-electron chi connectivity index (χ2n) is 8.69. The minimum Gasteiger partial charge on any atom is -0.478 e. The molecule has 1 aromatic heterocycles. The van der Waals surface area contributed by atoms with Gasteiger partial charge in [0.1, 0.15) is 0 Å². The number of aromatic amines is 1. The normalized spacial score (nSPS) is 12.4. The highest BCUT2D eigenvalue weighted by molar-refractivity contribution is 6.14. The van der Waals surface area contributed by atoms with Gasteiger partial charge in [-0.15, -0.1) is 0 Å². The Balaban J connectivity index is 1.70. The van der Waals surface area contributed by atoms with Crippen LogP contribution in [0.3, 0.4) is 0 Å². The van der Waals surface area contributed by atoms with E-state index in [1.54, 1.807) is 36.4 Å². The maximum atomic E-state index is 11.7. The SMILES string of the molecule is O=C(O)c1ccc2c(c1)-c1c3c(c4c([nH]c5ccc(C(=O)O)cc54)c1=N2)=Nc1ccc(C(=O)O)cc1-3. The molecule has 9 nitrogen and oxygen atoms in total. The van der Waals surface area contributed by atoms with Gasteiger partial charge in [0.2, 0.25) is 0 Å². The van der Waals surface area contributed by atoms with Gasteiger partial charge in [0.25, 0.3) is 0 Å². The Labute approximate surface area is 200 Å². The highest BCUT2D eigenvalue weighted by Crippen LogP contribution is 2.45. The van der Waals surface area contributed by atoms with Crippen molar-refractivity contribution in [2.45, 2.75) is 0 Å². The van der Waals surface area contributed by atoms with Crippen LogP contribution >= 0.6 is 0 Å². The van der Waals surface area contributed by atoms with E-state index in [4.69, 9.17) is 9.98 Å². The number of H-pyrrole nitrogens is 1. The number of benzene rings is 4. The summed E-state index contributed by atoms with van der Waals surface area (Å²) in [5.41, 5.74) is 5.29. The lowest BCUT2D eigenvalue weighted by molar-refractivity contribution is 0.0686. The first-order chi connectivity index (χ1) is 17.3. The zero-order valence-corrected chi connectivity index (χ0v) is 18.2. The fraction of sp³-hybridized carbons (Fsp3) is 0. The average Bonchev–Trinajstić information content (AvgIpc) is 3.53. The van der Waals surface area contributed by atoms with Crippen LogP contribution < -0.4 is 10.7 Å². The molecule has 36 heavy (non-hydrogen) atoms. The van der Waals surface area contributed by atoms with E-state index in [0.29, 0.717) is 66.1 Å². The number of nitrogens with zero attached hydrogens (tertiary/aromatic N) is 2. The van der Waals surface area contributed by atoms with Gasteiger partial charge in [-0.05, 0) is 54.6 Å². The molecule has 4 aromatic carbocycles. The molecule has 0 fully saturated rings. The summed E-state index contributed by atoms with van der Waals surface area (Å²) < 4.78 is 0. The molecule has 0 spiro atoms. The predicted molar refractivity (Wildman–Crippen MR) is 129 cm³/mol. The topological polar surface area (TPSA) is 152 Å². The molecular formula is C27H13N3O6. The average molecular weight is 475 g/mol. The van der Waals surface area contributed by atoms with Gasteiger partial charge in [-0.25, -0.2) is 24.4 Å². The summed E-state index contributed by atoms with van der Waals surface area (Å²) in [6.45, 7) is 0. The van der Waals surface area contributed by atoms with Crippen LogP contribution in [-0.2, 0) is 0 Å². The summed E-state index contributed by atoms with van der Waals surface area (Å²) in [5.74, 6) is -3.22. The molecule has 3 heterocycles. The molecule has 2 aliphatic heterocycles. The van der Waals surface area contributed by atoms with Crippen molar-refractivity contribution in [3.63, 3.8) is 0 Å². The van der Waals surface area contributed by atoms with Gasteiger partial charge >= 0.3 is 17.9 Å². The number of carboxylic acids is 3. The molecule has 0 radical (unpaired) electrons. The van der Waals surface area contributed by atoms with Crippen LogP contribution in [0.1, 0.15) is 31.1 Å². The molecule has 0 amide bonds. The van der Waals surface area contributed by atoms with E-state index in [0.717, 1.165) is 0 Å². The van der Waals surface area contributed by atoms with Crippen molar-refractivity contribution in [2.24, 2.45) is 9.98 Å². The lowest BCUT2D eigenvalue weighted by Crippen LogP contribution is -2.15. The fourth-order valence-electron chi connectivity index (χ4n) is 5.16. The first-order valence-electron chi connectivity index (χ1n) is 10.9. The standard InChI is InChI=1S/C27H13N3O6/c31-25(32)10-1-4-16-13(7-10)19-20-14-8-11(26(33)34)2-5-17(14)29-23(20)24-21(22(19)28-16)15-9-12(27(35)36)3-6-18(15)30-24/h1-9,30H,(H,31,32)(H,33,34)(H,35,36). The smallest absolute Gasteiger partial charge is 0.335 e. The molecular weight excluding hydrogens is 462 g/mol. The molecule has 0 bridgehead atoms. The molecule has 7 rings (SSSR count). The van der Waals surface area contributed by atoms with E-state index in [1.165, 1.54) is 18.2 Å². The first kappa shape index (κ1) is 20.1. The third-order valence-corrected chi connectivity index (χ3v) is 6.73. The number of aromatic carboxylic acids is 3. The Kier molecular flexibility index (Phi) is 3.70. The van der Waals surface area contributed by atoms with E-state index in [9.17, 15) is 29.7 Å². The van der Waals surface area contributed by atoms with Crippen molar-refractivity contribution in [1.82, 2.24) is 4.98 Å². The third kappa shape index (κ3) is 2.51. The Morgan fingerprint density at radius 3 is 1.72 bits per heavy atom. The van der Waals surface area contributed by atoms with Crippen molar-refractivity contribution in [2.75, 3.05) is 0 Å². The summed E-state index contributed by atoms with van der Waals surface area (Å²) in [4.78, 5) is 48.1. The second kappa shape index (κ2) is 6.63. The number of nitrogens with one attached hydrogen (secondary N) is 1. The van der Waals surface area contributed by atoms with Crippen molar-refractivity contribution in [1.29, 1.82) is 0 Å². The van der Waals surface area contributed by atoms with Gasteiger partial charge in [-0.3, -0.25) is 0 Å². The highest BCUT2D eigenvalue weighted by Gasteiger charge is 2.30. The number of hydrogen-bond acceptors (Lipinski definition) is 5. The minimum atomic E-state index is -1.08. The van der Waals surface area contributed by atoms with Crippen LogP contribution in [-0.4, -0.2) is 38.2 Å². The highest BCUT2D eigenvalue weighted by atomic mass is 16.4. The van der Waals surface area contributed by atoms with Crippen LogP contribution in [0.5, 0.6) is 0 Å². The van der Waals surface area contributed by atoms with Gasteiger partial charge < -0.3 is 20.3 Å². The van der Waals surface area contributed by atoms with Crippen molar-refractivity contribution < 1.29 is 29.7 Å². The number of carbonyl (C=O) groups is 3. The largest absolute Gasteiger partial charge is 0.478 e. The Morgan fingerprint density at radius 2 is 1.14 bits per heavy atom. The molecule has 172 valence electrons. The number of rotatable bonds is 3. The van der Waals surface area contributed by atoms with Crippen LogP contribution in [0.2, 0.25) is 0 Å². The van der Waals surface area contributed by atoms with Crippen LogP contribution in [0.15, 0.2) is 64.6 Å². The number of hydrogen-bond donors (Lipinski definition) is 4. The van der Waals surface area contributed by atoms with Gasteiger partial charge in [-0.2, -0.15) is 0 Å². The Bertz CT molecular complexity index is 2040. The van der Waals surface area contributed by atoms with Gasteiger partial charge in [0.05, 0.1) is 44.3 Å². The summed E-state index contributed by atoms with van der Waals surface area (Å²) >= 11 is 0. The number of aromatic nitrogens is 1. The van der Waals surface area contributed by atoms with E-state index >= 15 is 0 Å². The van der Waals surface area contributed by atoms with Gasteiger partial charge in [0.15, 0.2) is 0 Å². The molecule has 5 aromatic rings. The van der Waals surface area contributed by atoms with E-state index in [1.807, 2.05) is 0 Å². The first-order valence-corrected chi connectivity index (χ1v) is 10.9. The van der Waals surface area contributed by atoms with E-state index in [2.05, 4.69) is 4.98 Å². The second-order valence-corrected chi connectivity index (χ2v) is 8.69. The monoisotopic (exact) mass is 475 g/mol. The van der Waals surface area contributed by atoms with Crippen molar-refractivity contribution in [3.05, 3.63) is 82.0 Å². The lowest BCUT2D eigenvalue weighted by Gasteiger charge is -2.09. The summed E-state index contributed by atoms with van der Waals surface area (Å²) in [7, 11) is 0. The molecule has 9 heteroatoms. The van der Waals surface area contributed by atoms with E-state index in [-0.39, 0.29) is 16.7 Å². The van der Waals surface area contributed by atoms with Crippen LogP contribution in [0.25, 0.3) is 44.1 Å². The fourth-order valence-corrected chi connectivity index (χ4v) is 5.16. The zero-order chi connectivity index (χ0) is 24.9. The molecule has 0 atom stereocenters. The third-order valence-electron chi connectivity index (χ3n) is 6.73. The predicted octanol–water partition coefficient (Wildman–Crippen LogP) is 4.28. The molecule has 4 N–H and O–H groups in total. The molecule has 0 aliphatic carbocycles. The number of carboxylic acid groups (broad SMARTS) is 3. The summed E-state index contributed by atoms with van der Waals surface area (Å²) in [6.07, 6.45) is 0. The zero-order valence-electron chi connectivity index (χ0n) is 18.2. The molecule has 0 saturated carbocycles. The Morgan fingerprint density at radius 1 is 0.639 bits per heavy atom. The van der Waals surface area contributed by atoms with E-state index < -0.39 is 17.9 Å². The number of fused-ring (bicyclic) bond motifs is 12. The van der Waals surface area contributed by atoms with Crippen molar-refractivity contribution in [3.8, 4) is 22.3 Å². The molecule has 0 saturated heterocycles. The lowest BCUT2D eigenvalue weighted by atomic mass is 9.91. The maximum Gasteiger partial charge on any atom is 0.335 e.